The highest BCUT2D eigenvalue weighted by atomic mass is 16.5. The van der Waals surface area contributed by atoms with Gasteiger partial charge in [-0.3, -0.25) is 0 Å². The lowest BCUT2D eigenvalue weighted by atomic mass is 10.2. The van der Waals surface area contributed by atoms with Gasteiger partial charge in [0, 0.05) is 10.9 Å². The highest BCUT2D eigenvalue weighted by molar-refractivity contribution is 6.08. The van der Waals surface area contributed by atoms with Gasteiger partial charge in [0.15, 0.2) is 0 Å². The van der Waals surface area contributed by atoms with Gasteiger partial charge in [0.2, 0.25) is 5.88 Å². The van der Waals surface area contributed by atoms with Gasteiger partial charge in [0.25, 0.3) is 0 Å². The Kier molecular flexibility index (Phi) is 1.62. The smallest absolute Gasteiger partial charge is 0.226 e. The van der Waals surface area contributed by atoms with Crippen LogP contribution in [-0.2, 0) is 0 Å². The number of fused-ring (bicyclic) bond motifs is 3. The molecule has 4 heteroatoms. The summed E-state index contributed by atoms with van der Waals surface area (Å²) in [4.78, 5) is 11.5. The molecule has 15 heavy (non-hydrogen) atoms. The number of para-hydroxylation sites is 1. The summed E-state index contributed by atoms with van der Waals surface area (Å²) in [6, 6.07) is 8.01. The molecule has 74 valence electrons. The summed E-state index contributed by atoms with van der Waals surface area (Å²) in [5.41, 5.74) is 1.86. The van der Waals surface area contributed by atoms with Crippen LogP contribution in [0.1, 0.15) is 0 Å². The van der Waals surface area contributed by atoms with E-state index >= 15 is 0 Å². The zero-order valence-corrected chi connectivity index (χ0v) is 8.19. The fourth-order valence-corrected chi connectivity index (χ4v) is 1.80. The Morgan fingerprint density at radius 1 is 1.20 bits per heavy atom. The molecule has 0 fully saturated rings. The van der Waals surface area contributed by atoms with Gasteiger partial charge in [0.05, 0.1) is 12.5 Å². The van der Waals surface area contributed by atoms with Gasteiger partial charge in [-0.05, 0) is 6.07 Å². The first-order chi connectivity index (χ1) is 7.40. The summed E-state index contributed by atoms with van der Waals surface area (Å²) >= 11 is 0. The van der Waals surface area contributed by atoms with Crippen molar-refractivity contribution in [2.45, 2.75) is 0 Å². The van der Waals surface area contributed by atoms with Gasteiger partial charge in [-0.15, -0.1) is 0 Å². The maximum atomic E-state index is 5.22. The standard InChI is InChI=1S/C11H9N3O/c1-15-11-9-7-4-2-3-5-8(7)14-10(9)12-6-13-11/h2-6H,1H3,(H,12,13,14). The van der Waals surface area contributed by atoms with E-state index in [1.54, 1.807) is 7.11 Å². The maximum absolute atomic E-state index is 5.22. The first-order valence-corrected chi connectivity index (χ1v) is 4.65. The molecule has 0 saturated heterocycles. The van der Waals surface area contributed by atoms with E-state index in [0.717, 1.165) is 21.9 Å². The number of nitrogens with zero attached hydrogens (tertiary/aromatic N) is 2. The number of hydrogen-bond acceptors (Lipinski definition) is 3. The van der Waals surface area contributed by atoms with Crippen LogP contribution in [-0.4, -0.2) is 22.1 Å². The minimum atomic E-state index is 0.609. The summed E-state index contributed by atoms with van der Waals surface area (Å²) in [6.45, 7) is 0. The largest absolute Gasteiger partial charge is 0.480 e. The number of rotatable bonds is 1. The second kappa shape index (κ2) is 2.95. The monoisotopic (exact) mass is 199 g/mol. The van der Waals surface area contributed by atoms with Crippen molar-refractivity contribution >= 4 is 21.9 Å². The first-order valence-electron chi connectivity index (χ1n) is 4.65. The molecule has 2 aromatic heterocycles. The molecule has 3 aromatic rings. The molecule has 1 N–H and O–H groups in total. The minimum Gasteiger partial charge on any atom is -0.480 e. The predicted molar refractivity (Wildman–Crippen MR) is 57.9 cm³/mol. The summed E-state index contributed by atoms with van der Waals surface area (Å²) in [7, 11) is 1.61. The lowest BCUT2D eigenvalue weighted by Gasteiger charge is -1.98. The third kappa shape index (κ3) is 1.08. The van der Waals surface area contributed by atoms with Gasteiger partial charge in [0.1, 0.15) is 12.0 Å². The third-order valence-corrected chi connectivity index (χ3v) is 2.46. The molecular weight excluding hydrogens is 190 g/mol. The van der Waals surface area contributed by atoms with Gasteiger partial charge in [-0.1, -0.05) is 18.2 Å². The number of H-pyrrole nitrogens is 1. The van der Waals surface area contributed by atoms with E-state index in [1.165, 1.54) is 6.33 Å². The fraction of sp³-hybridized carbons (Fsp3) is 0.0909. The van der Waals surface area contributed by atoms with E-state index in [0.29, 0.717) is 5.88 Å². The second-order valence-corrected chi connectivity index (χ2v) is 3.28. The maximum Gasteiger partial charge on any atom is 0.226 e. The van der Waals surface area contributed by atoms with Gasteiger partial charge >= 0.3 is 0 Å². The molecule has 0 aliphatic carbocycles. The Labute approximate surface area is 85.9 Å². The molecule has 0 radical (unpaired) electrons. The van der Waals surface area contributed by atoms with Crippen LogP contribution in [0.2, 0.25) is 0 Å². The van der Waals surface area contributed by atoms with Gasteiger partial charge in [-0.25, -0.2) is 9.97 Å². The van der Waals surface area contributed by atoms with Crippen LogP contribution in [0.25, 0.3) is 21.9 Å². The van der Waals surface area contributed by atoms with Gasteiger partial charge in [-0.2, -0.15) is 0 Å². The van der Waals surface area contributed by atoms with E-state index in [9.17, 15) is 0 Å². The molecule has 0 unspecified atom stereocenters. The molecular formula is C11H9N3O. The molecule has 1 aromatic carbocycles. The van der Waals surface area contributed by atoms with Crippen LogP contribution >= 0.6 is 0 Å². The number of benzene rings is 1. The normalized spacial score (nSPS) is 11.0. The highest BCUT2D eigenvalue weighted by Crippen LogP contribution is 2.29. The van der Waals surface area contributed by atoms with Crippen LogP contribution in [0.4, 0.5) is 0 Å². The van der Waals surface area contributed by atoms with Gasteiger partial charge < -0.3 is 9.72 Å². The van der Waals surface area contributed by atoms with Crippen LogP contribution in [0.3, 0.4) is 0 Å². The Balaban J connectivity index is 2.56. The van der Waals surface area contributed by atoms with E-state index in [1.807, 2.05) is 24.3 Å². The van der Waals surface area contributed by atoms with Crippen molar-refractivity contribution in [3.8, 4) is 5.88 Å². The van der Waals surface area contributed by atoms with Crippen molar-refractivity contribution in [2.24, 2.45) is 0 Å². The van der Waals surface area contributed by atoms with Crippen molar-refractivity contribution in [3.05, 3.63) is 30.6 Å². The fourth-order valence-electron chi connectivity index (χ4n) is 1.80. The summed E-state index contributed by atoms with van der Waals surface area (Å²) in [5, 5.41) is 2.03. The molecule has 0 amide bonds. The van der Waals surface area contributed by atoms with Crippen molar-refractivity contribution in [1.82, 2.24) is 15.0 Å². The molecule has 3 rings (SSSR count). The van der Waals surface area contributed by atoms with E-state index in [-0.39, 0.29) is 0 Å². The number of methoxy groups -OCH3 is 1. The summed E-state index contributed by atoms with van der Waals surface area (Å²) in [6.07, 6.45) is 1.50. The molecule has 0 aliphatic heterocycles. The molecule has 0 spiro atoms. The number of aromatic amines is 1. The molecule has 0 atom stereocenters. The number of ether oxygens (including phenoxy) is 1. The number of nitrogens with one attached hydrogen (secondary N) is 1. The number of hydrogen-bond donors (Lipinski definition) is 1. The van der Waals surface area contributed by atoms with E-state index < -0.39 is 0 Å². The minimum absolute atomic E-state index is 0.609. The molecule has 2 heterocycles. The summed E-state index contributed by atoms with van der Waals surface area (Å²) < 4.78 is 5.22. The number of aromatic nitrogens is 3. The van der Waals surface area contributed by atoms with Crippen molar-refractivity contribution < 1.29 is 4.74 Å². The third-order valence-electron chi connectivity index (χ3n) is 2.46. The van der Waals surface area contributed by atoms with Crippen LogP contribution in [0.5, 0.6) is 5.88 Å². The lowest BCUT2D eigenvalue weighted by molar-refractivity contribution is 0.403. The predicted octanol–water partition coefficient (Wildman–Crippen LogP) is 2.12. The quantitative estimate of drug-likeness (QED) is 0.653. The van der Waals surface area contributed by atoms with Crippen LogP contribution in [0.15, 0.2) is 30.6 Å². The average molecular weight is 199 g/mol. The van der Waals surface area contributed by atoms with Crippen molar-refractivity contribution in [3.63, 3.8) is 0 Å². The van der Waals surface area contributed by atoms with Crippen LogP contribution in [0, 0.1) is 0 Å². The second-order valence-electron chi connectivity index (χ2n) is 3.28. The van der Waals surface area contributed by atoms with Crippen molar-refractivity contribution in [2.75, 3.05) is 7.11 Å². The SMILES string of the molecule is COc1ncnc2[nH]c3ccccc3c12. The Morgan fingerprint density at radius 2 is 2.07 bits per heavy atom. The molecule has 0 bridgehead atoms. The molecule has 0 aliphatic rings. The van der Waals surface area contributed by atoms with Crippen LogP contribution < -0.4 is 4.74 Å². The molecule has 4 nitrogen and oxygen atoms in total. The van der Waals surface area contributed by atoms with E-state index in [4.69, 9.17) is 4.74 Å². The zero-order chi connectivity index (χ0) is 10.3. The average Bonchev–Trinajstić information content (AvgIpc) is 2.67. The summed E-state index contributed by atoms with van der Waals surface area (Å²) in [5.74, 6) is 0.609. The highest BCUT2D eigenvalue weighted by Gasteiger charge is 2.10. The van der Waals surface area contributed by atoms with E-state index in [2.05, 4.69) is 15.0 Å². The Bertz CT molecular complexity index is 630. The topological polar surface area (TPSA) is 50.8 Å². The molecule has 0 saturated carbocycles. The van der Waals surface area contributed by atoms with Crippen molar-refractivity contribution in [1.29, 1.82) is 0 Å². The Hall–Kier alpha value is -2.10. The first kappa shape index (κ1) is 8.23. The lowest BCUT2D eigenvalue weighted by Crippen LogP contribution is -1.89. The Morgan fingerprint density at radius 3 is 2.93 bits per heavy atom. The zero-order valence-electron chi connectivity index (χ0n) is 8.19.